The molecule has 1 N–H and O–H groups in total. The average Bonchev–Trinajstić information content (AvgIpc) is 2.49. The van der Waals surface area contributed by atoms with Crippen LogP contribution in [0.15, 0.2) is 42.5 Å². The number of ether oxygens (including phenoxy) is 1. The second kappa shape index (κ2) is 7.65. The first-order chi connectivity index (χ1) is 9.79. The van der Waals surface area contributed by atoms with E-state index in [-0.39, 0.29) is 6.61 Å². The molecule has 0 aliphatic carbocycles. The number of hydrogen-bond acceptors (Lipinski definition) is 3. The maximum Gasteiger partial charge on any atom is 0.143 e. The highest BCUT2D eigenvalue weighted by molar-refractivity contribution is 5.28. The molecule has 3 nitrogen and oxygen atoms in total. The maximum absolute atomic E-state index is 9.25. The van der Waals surface area contributed by atoms with E-state index in [1.54, 1.807) is 0 Å². The highest BCUT2D eigenvalue weighted by Gasteiger charge is 2.04. The van der Waals surface area contributed by atoms with Crippen LogP contribution in [0.2, 0.25) is 0 Å². The molecular formula is C17H21NO2. The number of hydrogen-bond donors (Lipinski definition) is 1. The summed E-state index contributed by atoms with van der Waals surface area (Å²) in [6.07, 6.45) is 3.16. The summed E-state index contributed by atoms with van der Waals surface area (Å²) >= 11 is 0. The summed E-state index contributed by atoms with van der Waals surface area (Å²) in [7, 11) is 0. The predicted octanol–water partition coefficient (Wildman–Crippen LogP) is 3.28. The van der Waals surface area contributed by atoms with Gasteiger partial charge in [0.1, 0.15) is 11.4 Å². The monoisotopic (exact) mass is 271 g/mol. The van der Waals surface area contributed by atoms with Crippen molar-refractivity contribution in [3.63, 3.8) is 0 Å². The highest BCUT2D eigenvalue weighted by atomic mass is 16.5. The molecule has 0 saturated heterocycles. The summed E-state index contributed by atoms with van der Waals surface area (Å²) < 4.78 is 5.70. The van der Waals surface area contributed by atoms with Gasteiger partial charge in [0, 0.05) is 5.69 Å². The van der Waals surface area contributed by atoms with Crippen molar-refractivity contribution < 1.29 is 9.84 Å². The Balaban J connectivity index is 1.73. The van der Waals surface area contributed by atoms with Crippen LogP contribution >= 0.6 is 0 Å². The van der Waals surface area contributed by atoms with E-state index in [0.29, 0.717) is 18.1 Å². The summed E-state index contributed by atoms with van der Waals surface area (Å²) in [5.74, 6) is 0.692. The fraction of sp³-hybridized carbons (Fsp3) is 0.353. The van der Waals surface area contributed by atoms with E-state index in [2.05, 4.69) is 29.2 Å². The molecule has 0 radical (unpaired) electrons. The molecule has 0 atom stereocenters. The van der Waals surface area contributed by atoms with Crippen molar-refractivity contribution in [1.82, 2.24) is 4.98 Å². The molecule has 0 saturated carbocycles. The second-order valence-corrected chi connectivity index (χ2v) is 4.85. The molecule has 0 unspecified atom stereocenters. The SMILES string of the molecule is Cc1ccc(OCCCCc2ccccc2)c(CO)n1. The first-order valence-corrected chi connectivity index (χ1v) is 7.03. The van der Waals surface area contributed by atoms with Crippen LogP contribution in [0.5, 0.6) is 5.75 Å². The van der Waals surface area contributed by atoms with Crippen molar-refractivity contribution in [2.75, 3.05) is 6.61 Å². The predicted molar refractivity (Wildman–Crippen MR) is 79.8 cm³/mol. The van der Waals surface area contributed by atoms with Crippen molar-refractivity contribution in [2.24, 2.45) is 0 Å². The van der Waals surface area contributed by atoms with Gasteiger partial charge in [0.2, 0.25) is 0 Å². The number of benzene rings is 1. The second-order valence-electron chi connectivity index (χ2n) is 4.85. The number of aliphatic hydroxyl groups excluding tert-OH is 1. The quantitative estimate of drug-likeness (QED) is 0.786. The van der Waals surface area contributed by atoms with Gasteiger partial charge < -0.3 is 9.84 Å². The number of aromatic nitrogens is 1. The lowest BCUT2D eigenvalue weighted by Gasteiger charge is -2.10. The summed E-state index contributed by atoms with van der Waals surface area (Å²) in [5.41, 5.74) is 2.87. The summed E-state index contributed by atoms with van der Waals surface area (Å²) in [6, 6.07) is 14.2. The van der Waals surface area contributed by atoms with Crippen LogP contribution < -0.4 is 4.74 Å². The number of aryl methyl sites for hydroxylation is 2. The molecule has 3 heteroatoms. The first-order valence-electron chi connectivity index (χ1n) is 7.03. The standard InChI is InChI=1S/C17H21NO2/c1-14-10-11-17(16(13-19)18-14)20-12-6-5-9-15-7-3-2-4-8-15/h2-4,7-8,10-11,19H,5-6,9,12-13H2,1H3. The smallest absolute Gasteiger partial charge is 0.143 e. The Morgan fingerprint density at radius 1 is 1.05 bits per heavy atom. The zero-order valence-corrected chi connectivity index (χ0v) is 11.9. The van der Waals surface area contributed by atoms with E-state index in [9.17, 15) is 5.11 Å². The Kier molecular flexibility index (Phi) is 5.56. The van der Waals surface area contributed by atoms with Crippen LogP contribution in [-0.4, -0.2) is 16.7 Å². The van der Waals surface area contributed by atoms with Gasteiger partial charge in [-0.2, -0.15) is 0 Å². The Labute approximate surface area is 120 Å². The molecule has 0 fully saturated rings. The molecule has 0 aliphatic rings. The van der Waals surface area contributed by atoms with Gasteiger partial charge in [-0.05, 0) is 43.9 Å². The number of nitrogens with zero attached hydrogens (tertiary/aromatic N) is 1. The van der Waals surface area contributed by atoms with Gasteiger partial charge in [0.15, 0.2) is 0 Å². The van der Waals surface area contributed by atoms with Crippen molar-refractivity contribution in [2.45, 2.75) is 32.8 Å². The molecule has 106 valence electrons. The van der Waals surface area contributed by atoms with E-state index in [0.717, 1.165) is 25.0 Å². The topological polar surface area (TPSA) is 42.4 Å². The Bertz CT molecular complexity index is 526. The van der Waals surface area contributed by atoms with E-state index in [4.69, 9.17) is 4.74 Å². The van der Waals surface area contributed by atoms with Crippen LogP contribution in [0, 0.1) is 6.92 Å². The van der Waals surface area contributed by atoms with Gasteiger partial charge in [-0.1, -0.05) is 30.3 Å². The molecule has 0 bridgehead atoms. The van der Waals surface area contributed by atoms with Gasteiger partial charge in [0.25, 0.3) is 0 Å². The Hall–Kier alpha value is -1.87. The minimum Gasteiger partial charge on any atom is -0.492 e. The van der Waals surface area contributed by atoms with Crippen molar-refractivity contribution in [1.29, 1.82) is 0 Å². The summed E-state index contributed by atoms with van der Waals surface area (Å²) in [5, 5.41) is 9.25. The fourth-order valence-corrected chi connectivity index (χ4v) is 2.10. The molecule has 0 amide bonds. The summed E-state index contributed by atoms with van der Waals surface area (Å²) in [6.45, 7) is 2.48. The normalized spacial score (nSPS) is 10.5. The number of pyridine rings is 1. The molecule has 1 heterocycles. The summed E-state index contributed by atoms with van der Waals surface area (Å²) in [4.78, 5) is 4.26. The van der Waals surface area contributed by atoms with Crippen LogP contribution in [-0.2, 0) is 13.0 Å². The maximum atomic E-state index is 9.25. The number of aliphatic hydroxyl groups is 1. The van der Waals surface area contributed by atoms with Gasteiger partial charge in [-0.3, -0.25) is 4.98 Å². The zero-order valence-electron chi connectivity index (χ0n) is 11.9. The lowest BCUT2D eigenvalue weighted by Crippen LogP contribution is -2.03. The molecule has 1 aromatic carbocycles. The molecule has 20 heavy (non-hydrogen) atoms. The Morgan fingerprint density at radius 3 is 2.60 bits per heavy atom. The van der Waals surface area contributed by atoms with E-state index in [1.807, 2.05) is 25.1 Å². The lowest BCUT2D eigenvalue weighted by molar-refractivity contribution is 0.254. The number of unbranched alkanes of at least 4 members (excludes halogenated alkanes) is 1. The third-order valence-electron chi connectivity index (χ3n) is 3.18. The minimum atomic E-state index is -0.0823. The first kappa shape index (κ1) is 14.5. The molecule has 0 spiro atoms. The fourth-order valence-electron chi connectivity index (χ4n) is 2.10. The highest BCUT2D eigenvalue weighted by Crippen LogP contribution is 2.17. The third kappa shape index (κ3) is 4.35. The van der Waals surface area contributed by atoms with Gasteiger partial charge in [-0.25, -0.2) is 0 Å². The molecule has 0 aliphatic heterocycles. The minimum absolute atomic E-state index is 0.0823. The third-order valence-corrected chi connectivity index (χ3v) is 3.18. The molecule has 1 aromatic heterocycles. The lowest BCUT2D eigenvalue weighted by atomic mass is 10.1. The van der Waals surface area contributed by atoms with Crippen molar-refractivity contribution in [3.8, 4) is 5.75 Å². The van der Waals surface area contributed by atoms with Crippen molar-refractivity contribution in [3.05, 3.63) is 59.4 Å². The largest absolute Gasteiger partial charge is 0.492 e. The van der Waals surface area contributed by atoms with Crippen LogP contribution in [0.3, 0.4) is 0 Å². The zero-order chi connectivity index (χ0) is 14.2. The molecular weight excluding hydrogens is 250 g/mol. The molecule has 2 rings (SSSR count). The van der Waals surface area contributed by atoms with Crippen LogP contribution in [0.4, 0.5) is 0 Å². The van der Waals surface area contributed by atoms with Gasteiger partial charge in [-0.15, -0.1) is 0 Å². The van der Waals surface area contributed by atoms with Crippen molar-refractivity contribution >= 4 is 0 Å². The average molecular weight is 271 g/mol. The number of rotatable bonds is 7. The van der Waals surface area contributed by atoms with Crippen LogP contribution in [0.1, 0.15) is 29.8 Å². The van der Waals surface area contributed by atoms with Crippen LogP contribution in [0.25, 0.3) is 0 Å². The molecule has 2 aromatic rings. The van der Waals surface area contributed by atoms with E-state index < -0.39 is 0 Å². The van der Waals surface area contributed by atoms with Gasteiger partial charge >= 0.3 is 0 Å². The van der Waals surface area contributed by atoms with Gasteiger partial charge in [0.05, 0.1) is 13.2 Å². The van der Waals surface area contributed by atoms with E-state index in [1.165, 1.54) is 5.56 Å². The van der Waals surface area contributed by atoms with E-state index >= 15 is 0 Å². The Morgan fingerprint density at radius 2 is 1.85 bits per heavy atom.